The summed E-state index contributed by atoms with van der Waals surface area (Å²) in [5.74, 6) is -2.07. The highest BCUT2D eigenvalue weighted by molar-refractivity contribution is 6.42. The number of benzene rings is 3. The summed E-state index contributed by atoms with van der Waals surface area (Å²) in [6.45, 7) is 0.0701. The smallest absolute Gasteiger partial charge is 0.328 e. The first kappa shape index (κ1) is 22.2. The summed E-state index contributed by atoms with van der Waals surface area (Å²) >= 11 is 6.08. The zero-order chi connectivity index (χ0) is 24.5. The summed E-state index contributed by atoms with van der Waals surface area (Å²) in [7, 11) is 0. The molecule has 11 heteroatoms. The summed E-state index contributed by atoms with van der Waals surface area (Å²) in [6, 6.07) is 16.2. The fraction of sp³-hybridized carbons (Fsp3) is 0.0417. The molecule has 0 atom stereocenters. The lowest BCUT2D eigenvalue weighted by molar-refractivity contribution is -0.133. The molecule has 9 nitrogen and oxygen atoms in total. The van der Waals surface area contributed by atoms with Gasteiger partial charge in [0.1, 0.15) is 11.5 Å². The van der Waals surface area contributed by atoms with Crippen molar-refractivity contribution in [1.29, 1.82) is 0 Å². The molecule has 35 heavy (non-hydrogen) atoms. The highest BCUT2D eigenvalue weighted by atomic mass is 35.5. The molecule has 0 saturated carbocycles. The van der Waals surface area contributed by atoms with Gasteiger partial charge in [0.15, 0.2) is 11.5 Å². The fourth-order valence-corrected chi connectivity index (χ4v) is 3.70. The number of carbonyl (C=O) groups is 3. The topological polar surface area (TPSA) is 111 Å². The van der Waals surface area contributed by atoms with Gasteiger partial charge < -0.3 is 20.1 Å². The second-order valence-electron chi connectivity index (χ2n) is 7.49. The lowest BCUT2D eigenvalue weighted by atomic mass is 10.2. The normalized spacial score (nSPS) is 11.8. The molecule has 0 unspecified atom stereocenters. The second kappa shape index (κ2) is 8.99. The molecule has 3 aromatic carbocycles. The zero-order valence-corrected chi connectivity index (χ0v) is 18.6. The molecule has 2 heterocycles. The van der Waals surface area contributed by atoms with Gasteiger partial charge in [0.25, 0.3) is 5.91 Å². The zero-order valence-electron chi connectivity index (χ0n) is 17.8. The van der Waals surface area contributed by atoms with Gasteiger partial charge in [-0.15, -0.1) is 0 Å². The molecular formula is C24H16ClFN4O5. The number of rotatable bonds is 4. The van der Waals surface area contributed by atoms with E-state index in [9.17, 15) is 18.8 Å². The Morgan fingerprint density at radius 2 is 1.57 bits per heavy atom. The van der Waals surface area contributed by atoms with Gasteiger partial charge >= 0.3 is 11.8 Å². The van der Waals surface area contributed by atoms with Crippen molar-refractivity contribution >= 4 is 51.6 Å². The van der Waals surface area contributed by atoms with Gasteiger partial charge in [0, 0.05) is 27.8 Å². The monoisotopic (exact) mass is 494 g/mol. The van der Waals surface area contributed by atoms with Gasteiger partial charge in [-0.2, -0.15) is 0 Å². The van der Waals surface area contributed by atoms with Gasteiger partial charge in [0.2, 0.25) is 6.79 Å². The van der Waals surface area contributed by atoms with Gasteiger partial charge in [-0.3, -0.25) is 19.8 Å². The number of nitrogens with one attached hydrogen (secondary N) is 3. The van der Waals surface area contributed by atoms with E-state index in [1.54, 1.807) is 30.3 Å². The van der Waals surface area contributed by atoms with Crippen molar-refractivity contribution in [3.05, 3.63) is 83.3 Å². The number of halogens is 2. The van der Waals surface area contributed by atoms with Crippen LogP contribution in [0.15, 0.2) is 66.7 Å². The molecule has 1 aromatic heterocycles. The van der Waals surface area contributed by atoms with Gasteiger partial charge in [-0.05, 0) is 60.7 Å². The third kappa shape index (κ3) is 4.59. The van der Waals surface area contributed by atoms with E-state index in [1.165, 1.54) is 41.1 Å². The molecule has 3 N–H and O–H groups in total. The Morgan fingerprint density at radius 1 is 0.829 bits per heavy atom. The standard InChI is InChI=1S/C24H16ClFN4O5/c25-14-1-7-18-13(9-14)10-19(22(31)27-16-4-2-15(26)3-5-16)30(18)29-24(33)23(32)28-17-6-8-20-21(11-17)35-12-34-20/h1-11H,12H2,(H,27,31)(H,28,32)(H,29,33). The Bertz CT molecular complexity index is 1490. The van der Waals surface area contributed by atoms with Gasteiger partial charge in [0.05, 0.1) is 5.52 Å². The number of fused-ring (bicyclic) bond motifs is 2. The number of ether oxygens (including phenoxy) is 2. The highest BCUT2D eigenvalue weighted by Crippen LogP contribution is 2.34. The maximum absolute atomic E-state index is 13.2. The van der Waals surface area contributed by atoms with Crippen LogP contribution >= 0.6 is 11.6 Å². The average molecular weight is 495 g/mol. The average Bonchev–Trinajstić information content (AvgIpc) is 3.44. The first-order chi connectivity index (χ1) is 16.9. The van der Waals surface area contributed by atoms with Crippen molar-refractivity contribution in [3.63, 3.8) is 0 Å². The van der Waals surface area contributed by atoms with Crippen LogP contribution in [-0.4, -0.2) is 29.2 Å². The second-order valence-corrected chi connectivity index (χ2v) is 7.93. The molecule has 0 saturated heterocycles. The lowest BCUT2D eigenvalue weighted by Gasteiger charge is -2.13. The van der Waals surface area contributed by atoms with Gasteiger partial charge in [-0.25, -0.2) is 9.07 Å². The van der Waals surface area contributed by atoms with Crippen LogP contribution in [0.4, 0.5) is 15.8 Å². The number of nitrogens with zero attached hydrogens (tertiary/aromatic N) is 1. The van der Waals surface area contributed by atoms with E-state index >= 15 is 0 Å². The van der Waals surface area contributed by atoms with Crippen molar-refractivity contribution in [2.24, 2.45) is 0 Å². The molecule has 0 aliphatic carbocycles. The Labute approximate surface area is 202 Å². The van der Waals surface area contributed by atoms with E-state index in [1.807, 2.05) is 0 Å². The molecule has 1 aliphatic heterocycles. The summed E-state index contributed by atoms with van der Waals surface area (Å²) < 4.78 is 24.9. The minimum atomic E-state index is -1.02. The van der Waals surface area contributed by atoms with Crippen molar-refractivity contribution < 1.29 is 28.2 Å². The molecule has 0 fully saturated rings. The van der Waals surface area contributed by atoms with E-state index < -0.39 is 23.5 Å². The summed E-state index contributed by atoms with van der Waals surface area (Å²) in [5.41, 5.74) is 3.58. The molecule has 1 aliphatic rings. The van der Waals surface area contributed by atoms with Crippen LogP contribution in [0.25, 0.3) is 10.9 Å². The number of aromatic nitrogens is 1. The minimum Gasteiger partial charge on any atom is -0.454 e. The van der Waals surface area contributed by atoms with Crippen LogP contribution in [0.1, 0.15) is 10.5 Å². The van der Waals surface area contributed by atoms with Crippen molar-refractivity contribution in [3.8, 4) is 11.5 Å². The number of anilines is 2. The van der Waals surface area contributed by atoms with Crippen LogP contribution in [0.2, 0.25) is 5.02 Å². The summed E-state index contributed by atoms with van der Waals surface area (Å²) in [6.07, 6.45) is 0. The van der Waals surface area contributed by atoms with E-state index in [-0.39, 0.29) is 12.5 Å². The SMILES string of the molecule is O=C(Nc1ccc2c(c1)OCO2)C(=O)Nn1c(C(=O)Nc2ccc(F)cc2)cc2cc(Cl)ccc21. The van der Waals surface area contributed by atoms with Gasteiger partial charge in [-0.1, -0.05) is 11.6 Å². The minimum absolute atomic E-state index is 0.0239. The lowest BCUT2D eigenvalue weighted by Crippen LogP contribution is -2.36. The Morgan fingerprint density at radius 3 is 2.37 bits per heavy atom. The maximum Gasteiger partial charge on any atom is 0.328 e. The summed E-state index contributed by atoms with van der Waals surface area (Å²) in [4.78, 5) is 38.3. The number of hydrogen-bond acceptors (Lipinski definition) is 5. The molecule has 0 radical (unpaired) electrons. The predicted octanol–water partition coefficient (Wildman–Crippen LogP) is 4.12. The van der Waals surface area contributed by atoms with Crippen LogP contribution in [0.5, 0.6) is 11.5 Å². The van der Waals surface area contributed by atoms with Crippen LogP contribution in [-0.2, 0) is 9.59 Å². The first-order valence-electron chi connectivity index (χ1n) is 10.3. The molecule has 3 amide bonds. The Kier molecular flexibility index (Phi) is 5.71. The molecular weight excluding hydrogens is 479 g/mol. The number of hydrogen-bond donors (Lipinski definition) is 3. The van der Waals surface area contributed by atoms with Crippen LogP contribution in [0, 0.1) is 5.82 Å². The molecule has 0 spiro atoms. The Hall–Kier alpha value is -4.57. The molecule has 4 aromatic rings. The predicted molar refractivity (Wildman–Crippen MR) is 127 cm³/mol. The van der Waals surface area contributed by atoms with Crippen molar-refractivity contribution in [2.45, 2.75) is 0 Å². The highest BCUT2D eigenvalue weighted by Gasteiger charge is 2.22. The van der Waals surface area contributed by atoms with E-state index in [4.69, 9.17) is 21.1 Å². The number of amides is 3. The summed E-state index contributed by atoms with van der Waals surface area (Å²) in [5, 5.41) is 6.09. The van der Waals surface area contributed by atoms with E-state index in [0.29, 0.717) is 38.8 Å². The van der Waals surface area contributed by atoms with E-state index in [0.717, 1.165) is 0 Å². The maximum atomic E-state index is 13.2. The van der Waals surface area contributed by atoms with Crippen molar-refractivity contribution in [1.82, 2.24) is 4.68 Å². The molecule has 5 rings (SSSR count). The number of carbonyl (C=O) groups excluding carboxylic acids is 3. The van der Waals surface area contributed by atoms with Crippen molar-refractivity contribution in [2.75, 3.05) is 22.9 Å². The third-order valence-electron chi connectivity index (χ3n) is 5.15. The molecule has 0 bridgehead atoms. The fourth-order valence-electron chi connectivity index (χ4n) is 3.52. The van der Waals surface area contributed by atoms with E-state index in [2.05, 4.69) is 16.1 Å². The first-order valence-corrected chi connectivity index (χ1v) is 10.6. The largest absolute Gasteiger partial charge is 0.454 e. The van der Waals surface area contributed by atoms with Crippen LogP contribution in [0.3, 0.4) is 0 Å². The molecule has 176 valence electrons. The quantitative estimate of drug-likeness (QED) is 0.370. The Balaban J connectivity index is 1.40. The van der Waals surface area contributed by atoms with Crippen LogP contribution < -0.4 is 25.5 Å². The third-order valence-corrected chi connectivity index (χ3v) is 5.38.